The molecule has 1 amide bonds. The normalized spacial score (nSPS) is 25.2. The molecule has 1 fully saturated rings. The van der Waals surface area contributed by atoms with Gasteiger partial charge in [0.2, 0.25) is 0 Å². The molecule has 3 rings (SSSR count). The van der Waals surface area contributed by atoms with E-state index < -0.39 is 6.09 Å². The molecule has 0 aliphatic carbocycles. The van der Waals surface area contributed by atoms with Gasteiger partial charge in [0.25, 0.3) is 0 Å². The van der Waals surface area contributed by atoms with E-state index in [1.165, 1.54) is 4.90 Å². The molecular formula is C11H9N3O2S. The van der Waals surface area contributed by atoms with Crippen LogP contribution in [-0.2, 0) is 0 Å². The van der Waals surface area contributed by atoms with E-state index in [1.807, 2.05) is 0 Å². The van der Waals surface area contributed by atoms with Crippen molar-refractivity contribution in [1.29, 1.82) is 5.26 Å². The van der Waals surface area contributed by atoms with Crippen molar-refractivity contribution in [3.05, 3.63) is 23.5 Å². The number of rotatable bonds is 0. The Bertz CT molecular complexity index is 540. The van der Waals surface area contributed by atoms with Crippen LogP contribution in [0.5, 0.6) is 0 Å². The Morgan fingerprint density at radius 3 is 3.18 bits per heavy atom. The summed E-state index contributed by atoms with van der Waals surface area (Å²) in [6, 6.07) is 1.99. The lowest BCUT2D eigenvalue weighted by molar-refractivity contribution is 0.140. The Morgan fingerprint density at radius 1 is 1.65 bits per heavy atom. The number of carboxylic acid groups (broad SMARTS) is 1. The minimum atomic E-state index is -0.895. The van der Waals surface area contributed by atoms with Crippen molar-refractivity contribution in [1.82, 2.24) is 9.88 Å². The molecule has 1 N–H and O–H groups in total. The van der Waals surface area contributed by atoms with E-state index in [-0.39, 0.29) is 11.3 Å². The van der Waals surface area contributed by atoms with Gasteiger partial charge >= 0.3 is 6.09 Å². The van der Waals surface area contributed by atoms with Crippen molar-refractivity contribution in [2.75, 3.05) is 6.54 Å². The van der Waals surface area contributed by atoms with Gasteiger partial charge in [0.1, 0.15) is 6.07 Å². The minimum absolute atomic E-state index is 0.130. The topological polar surface area (TPSA) is 77.2 Å². The van der Waals surface area contributed by atoms with Gasteiger partial charge in [-0.3, -0.25) is 4.98 Å². The van der Waals surface area contributed by atoms with Crippen LogP contribution in [0.1, 0.15) is 23.6 Å². The van der Waals surface area contributed by atoms with Gasteiger partial charge in [-0.1, -0.05) is 0 Å². The van der Waals surface area contributed by atoms with Crippen LogP contribution in [0.2, 0.25) is 0 Å². The average Bonchev–Trinajstić information content (AvgIpc) is 2.67. The van der Waals surface area contributed by atoms with Gasteiger partial charge in [0.15, 0.2) is 0 Å². The molecular weight excluding hydrogens is 238 g/mol. The standard InChI is InChI=1S/C11H9N3O2S/c12-2-6-3-13-4-8-9-1-7(17-10(6)8)5-14(9)11(15)16/h3-4,7,9H,1,5H2,(H,15,16)/t7-,9-/m0/s1. The monoisotopic (exact) mass is 247 g/mol. The zero-order valence-electron chi connectivity index (χ0n) is 8.83. The molecule has 17 heavy (non-hydrogen) atoms. The number of thioether (sulfide) groups is 1. The van der Waals surface area contributed by atoms with Gasteiger partial charge in [0.05, 0.1) is 11.6 Å². The van der Waals surface area contributed by atoms with Crippen LogP contribution < -0.4 is 0 Å². The first-order valence-corrected chi connectivity index (χ1v) is 6.13. The molecule has 5 nitrogen and oxygen atoms in total. The highest BCUT2D eigenvalue weighted by Crippen LogP contribution is 2.49. The largest absolute Gasteiger partial charge is 0.465 e. The van der Waals surface area contributed by atoms with Crippen molar-refractivity contribution < 1.29 is 9.90 Å². The Hall–Kier alpha value is -1.74. The van der Waals surface area contributed by atoms with E-state index >= 15 is 0 Å². The highest BCUT2D eigenvalue weighted by atomic mass is 32.2. The maximum absolute atomic E-state index is 11.1. The van der Waals surface area contributed by atoms with E-state index in [2.05, 4.69) is 11.1 Å². The van der Waals surface area contributed by atoms with E-state index in [4.69, 9.17) is 10.4 Å². The van der Waals surface area contributed by atoms with Crippen LogP contribution >= 0.6 is 11.8 Å². The van der Waals surface area contributed by atoms with E-state index in [0.29, 0.717) is 12.1 Å². The number of nitriles is 1. The second kappa shape index (κ2) is 3.64. The number of hydrogen-bond acceptors (Lipinski definition) is 4. The predicted octanol–water partition coefficient (Wildman–Crippen LogP) is 1.85. The molecule has 3 heterocycles. The molecule has 1 saturated heterocycles. The van der Waals surface area contributed by atoms with Crippen LogP contribution in [0, 0.1) is 11.3 Å². The fourth-order valence-electron chi connectivity index (χ4n) is 2.47. The molecule has 0 spiro atoms. The summed E-state index contributed by atoms with van der Waals surface area (Å²) in [6.07, 6.45) is 3.15. The predicted molar refractivity (Wildman–Crippen MR) is 60.7 cm³/mol. The quantitative estimate of drug-likeness (QED) is 0.757. The summed E-state index contributed by atoms with van der Waals surface area (Å²) in [5.41, 5.74) is 1.43. The van der Waals surface area contributed by atoms with Crippen molar-refractivity contribution in [2.45, 2.75) is 22.6 Å². The number of fused-ring (bicyclic) bond motifs is 4. The van der Waals surface area contributed by atoms with Crippen LogP contribution in [0.15, 0.2) is 17.3 Å². The molecule has 2 atom stereocenters. The van der Waals surface area contributed by atoms with E-state index in [1.54, 1.807) is 24.2 Å². The molecule has 0 unspecified atom stereocenters. The molecule has 6 heteroatoms. The van der Waals surface area contributed by atoms with Crippen molar-refractivity contribution in [3.63, 3.8) is 0 Å². The van der Waals surface area contributed by atoms with Crippen LogP contribution in [0.3, 0.4) is 0 Å². The Labute approximate surface area is 102 Å². The number of pyridine rings is 1. The lowest BCUT2D eigenvalue weighted by atomic mass is 10.0. The second-order valence-electron chi connectivity index (χ2n) is 4.14. The summed E-state index contributed by atoms with van der Waals surface area (Å²) in [6.45, 7) is 0.532. The Kier molecular flexibility index (Phi) is 2.23. The molecule has 1 aromatic rings. The zero-order valence-corrected chi connectivity index (χ0v) is 9.65. The van der Waals surface area contributed by atoms with Crippen molar-refractivity contribution >= 4 is 17.9 Å². The van der Waals surface area contributed by atoms with Gasteiger partial charge in [0, 0.05) is 34.6 Å². The van der Waals surface area contributed by atoms with Crippen molar-refractivity contribution in [2.24, 2.45) is 0 Å². The number of carbonyl (C=O) groups is 1. The molecule has 86 valence electrons. The molecule has 2 bridgehead atoms. The van der Waals surface area contributed by atoms with Crippen LogP contribution in [0.4, 0.5) is 4.79 Å². The van der Waals surface area contributed by atoms with Gasteiger partial charge < -0.3 is 10.0 Å². The lowest BCUT2D eigenvalue weighted by Gasteiger charge is -2.24. The first-order valence-electron chi connectivity index (χ1n) is 5.25. The van der Waals surface area contributed by atoms with E-state index in [9.17, 15) is 4.79 Å². The first kappa shape index (κ1) is 10.4. The lowest BCUT2D eigenvalue weighted by Crippen LogP contribution is -2.29. The highest BCUT2D eigenvalue weighted by Gasteiger charge is 2.42. The SMILES string of the molecule is N#Cc1cncc2c1S[C@H]1C[C@@H]2N(C(=O)O)C1. The summed E-state index contributed by atoms with van der Waals surface area (Å²) in [4.78, 5) is 17.5. The second-order valence-corrected chi connectivity index (χ2v) is 5.45. The third-order valence-electron chi connectivity index (χ3n) is 3.20. The third-order valence-corrected chi connectivity index (χ3v) is 4.56. The maximum atomic E-state index is 11.1. The maximum Gasteiger partial charge on any atom is 0.407 e. The number of likely N-dealkylation sites (tertiary alicyclic amines) is 1. The first-order chi connectivity index (χ1) is 8.20. The fraction of sp³-hybridized carbons (Fsp3) is 0.364. The molecule has 0 radical (unpaired) electrons. The Morgan fingerprint density at radius 2 is 2.47 bits per heavy atom. The van der Waals surface area contributed by atoms with Crippen LogP contribution in [-0.4, -0.2) is 32.9 Å². The van der Waals surface area contributed by atoms with Crippen LogP contribution in [0.25, 0.3) is 0 Å². The molecule has 0 aromatic carbocycles. The summed E-state index contributed by atoms with van der Waals surface area (Å²) >= 11 is 1.60. The number of amides is 1. The summed E-state index contributed by atoms with van der Waals surface area (Å²) < 4.78 is 0. The number of aromatic nitrogens is 1. The molecule has 1 aromatic heterocycles. The summed E-state index contributed by atoms with van der Waals surface area (Å²) in [5, 5.41) is 18.4. The van der Waals surface area contributed by atoms with E-state index in [0.717, 1.165) is 16.9 Å². The van der Waals surface area contributed by atoms with Gasteiger partial charge in [-0.15, -0.1) is 11.8 Å². The average molecular weight is 247 g/mol. The highest BCUT2D eigenvalue weighted by molar-refractivity contribution is 8.00. The number of hydrogen-bond donors (Lipinski definition) is 1. The molecule has 2 aliphatic heterocycles. The van der Waals surface area contributed by atoms with Gasteiger partial charge in [-0.2, -0.15) is 5.26 Å². The molecule has 2 aliphatic rings. The van der Waals surface area contributed by atoms with Gasteiger partial charge in [-0.05, 0) is 6.42 Å². The number of nitrogens with zero attached hydrogens (tertiary/aromatic N) is 3. The summed E-state index contributed by atoms with van der Waals surface area (Å²) in [7, 11) is 0. The van der Waals surface area contributed by atoms with Crippen molar-refractivity contribution in [3.8, 4) is 6.07 Å². The fourth-order valence-corrected chi connectivity index (χ4v) is 3.87. The van der Waals surface area contributed by atoms with Gasteiger partial charge in [-0.25, -0.2) is 4.79 Å². The third kappa shape index (κ3) is 1.46. The summed E-state index contributed by atoms with van der Waals surface area (Å²) in [5.74, 6) is 0. The minimum Gasteiger partial charge on any atom is -0.465 e. The Balaban J connectivity index is 2.11. The smallest absolute Gasteiger partial charge is 0.407 e. The molecule has 0 saturated carbocycles. The zero-order chi connectivity index (χ0) is 12.0.